The molecule has 2 saturated heterocycles. The molecule has 1 amide bonds. The molecule has 6 heteroatoms. The van der Waals surface area contributed by atoms with E-state index in [1.165, 1.54) is 32.8 Å². The zero-order chi connectivity index (χ0) is 15.6. The molecule has 0 aromatic rings. The number of carbonyl (C=O) groups excluding carboxylic acids is 1. The largest absolute Gasteiger partial charge is 0.378 e. The molecule has 1 aliphatic carbocycles. The lowest BCUT2D eigenvalue weighted by molar-refractivity contribution is -0.138. The van der Waals surface area contributed by atoms with Crippen molar-refractivity contribution < 1.29 is 13.9 Å². The van der Waals surface area contributed by atoms with Crippen LogP contribution in [0.5, 0.6) is 0 Å². The summed E-state index contributed by atoms with van der Waals surface area (Å²) < 4.78 is 19.2. The molecule has 3 atom stereocenters. The second kappa shape index (κ2) is 6.81. The number of rotatable bonds is 4. The van der Waals surface area contributed by atoms with Crippen molar-refractivity contribution in [1.29, 1.82) is 0 Å². The highest BCUT2D eigenvalue weighted by Gasteiger charge is 2.45. The Balaban J connectivity index is 1.62. The van der Waals surface area contributed by atoms with Gasteiger partial charge < -0.3 is 9.64 Å². The van der Waals surface area contributed by atoms with Gasteiger partial charge >= 0.3 is 0 Å². The van der Waals surface area contributed by atoms with E-state index in [1.54, 1.807) is 4.90 Å². The minimum absolute atomic E-state index is 0.0836. The van der Waals surface area contributed by atoms with Gasteiger partial charge in [-0.1, -0.05) is 12.8 Å². The summed E-state index contributed by atoms with van der Waals surface area (Å²) in [6, 6.07) is 0. The highest BCUT2D eigenvalue weighted by Crippen LogP contribution is 2.39. The van der Waals surface area contributed by atoms with Crippen molar-refractivity contribution in [2.45, 2.75) is 62.8 Å². The Bertz CT molecular complexity index is 395. The molecule has 0 spiro atoms. The van der Waals surface area contributed by atoms with Gasteiger partial charge in [0.1, 0.15) is 6.17 Å². The molecule has 2 N–H and O–H groups in total. The fourth-order valence-corrected chi connectivity index (χ4v) is 4.41. The Labute approximate surface area is 131 Å². The van der Waals surface area contributed by atoms with Crippen LogP contribution in [-0.4, -0.2) is 55.4 Å². The minimum atomic E-state index is -1.07. The molecule has 2 aliphatic heterocycles. The monoisotopic (exact) mass is 313 g/mol. The summed E-state index contributed by atoms with van der Waals surface area (Å²) >= 11 is 0. The molecular formula is C16H28FN3O2. The third-order valence-corrected chi connectivity index (χ3v) is 5.77. The first-order valence-electron chi connectivity index (χ1n) is 8.59. The van der Waals surface area contributed by atoms with E-state index in [-0.39, 0.29) is 24.1 Å². The zero-order valence-corrected chi connectivity index (χ0v) is 13.4. The van der Waals surface area contributed by atoms with Crippen LogP contribution in [0.2, 0.25) is 0 Å². The molecule has 126 valence electrons. The van der Waals surface area contributed by atoms with E-state index in [4.69, 9.17) is 4.74 Å². The summed E-state index contributed by atoms with van der Waals surface area (Å²) in [7, 11) is 1.54. The third kappa shape index (κ3) is 3.14. The van der Waals surface area contributed by atoms with Crippen LogP contribution in [0.15, 0.2) is 0 Å². The number of nitrogens with zero attached hydrogens (tertiary/aromatic N) is 1. The Hall–Kier alpha value is -0.720. The van der Waals surface area contributed by atoms with Crippen molar-refractivity contribution in [3.63, 3.8) is 0 Å². The van der Waals surface area contributed by atoms with Gasteiger partial charge in [0.2, 0.25) is 5.91 Å². The normalized spacial score (nSPS) is 36.9. The molecule has 1 saturated carbocycles. The van der Waals surface area contributed by atoms with E-state index >= 15 is 0 Å². The quantitative estimate of drug-likeness (QED) is 0.823. The van der Waals surface area contributed by atoms with Gasteiger partial charge in [0.25, 0.3) is 0 Å². The number of piperidine rings is 1. The standard InChI is InChI=1S/C16H28FN3O2/c1-22-14-6-9-20(11-13(14)17)15(21)10-16(7-8-18-19-16)12-4-2-3-5-12/h12-14,18-19H,2-11H2,1H3/t13-,14+,16?/m1/s1. The molecule has 0 radical (unpaired) electrons. The molecule has 1 unspecified atom stereocenters. The average molecular weight is 313 g/mol. The first-order chi connectivity index (χ1) is 10.6. The average Bonchev–Trinajstić information content (AvgIpc) is 3.19. The summed E-state index contributed by atoms with van der Waals surface area (Å²) in [4.78, 5) is 14.4. The van der Waals surface area contributed by atoms with Crippen LogP contribution in [0.1, 0.15) is 44.9 Å². The van der Waals surface area contributed by atoms with E-state index in [2.05, 4.69) is 10.9 Å². The number of hydrogen-bond acceptors (Lipinski definition) is 4. The fraction of sp³-hybridized carbons (Fsp3) is 0.938. The first-order valence-corrected chi connectivity index (χ1v) is 8.59. The van der Waals surface area contributed by atoms with Crippen LogP contribution in [0.3, 0.4) is 0 Å². The smallest absolute Gasteiger partial charge is 0.224 e. The number of ether oxygens (including phenoxy) is 1. The number of nitrogens with one attached hydrogen (secondary N) is 2. The van der Waals surface area contributed by atoms with Gasteiger partial charge in [0.15, 0.2) is 0 Å². The molecule has 22 heavy (non-hydrogen) atoms. The van der Waals surface area contributed by atoms with E-state index in [1.807, 2.05) is 0 Å². The first kappa shape index (κ1) is 16.1. The lowest BCUT2D eigenvalue weighted by Crippen LogP contribution is -2.54. The number of halogens is 1. The number of likely N-dealkylation sites (tertiary alicyclic amines) is 1. The maximum atomic E-state index is 14.0. The zero-order valence-electron chi connectivity index (χ0n) is 13.4. The molecular weight excluding hydrogens is 285 g/mol. The summed E-state index contributed by atoms with van der Waals surface area (Å²) in [5, 5.41) is 0. The van der Waals surface area contributed by atoms with Crippen molar-refractivity contribution in [2.24, 2.45) is 5.92 Å². The predicted molar refractivity (Wildman–Crippen MR) is 82.0 cm³/mol. The van der Waals surface area contributed by atoms with Gasteiger partial charge in [-0.15, -0.1) is 0 Å². The van der Waals surface area contributed by atoms with Crippen LogP contribution in [0.4, 0.5) is 4.39 Å². The summed E-state index contributed by atoms with van der Waals surface area (Å²) in [6.07, 6.45) is 5.53. The van der Waals surface area contributed by atoms with E-state index in [0.29, 0.717) is 25.3 Å². The van der Waals surface area contributed by atoms with Crippen LogP contribution in [-0.2, 0) is 9.53 Å². The Kier molecular flexibility index (Phi) is 5.00. The van der Waals surface area contributed by atoms with E-state index in [9.17, 15) is 9.18 Å². The fourth-order valence-electron chi connectivity index (χ4n) is 4.41. The molecule has 3 aliphatic rings. The van der Waals surface area contributed by atoms with Crippen LogP contribution in [0.25, 0.3) is 0 Å². The Morgan fingerprint density at radius 1 is 1.36 bits per heavy atom. The molecule has 0 aromatic heterocycles. The molecule has 0 bridgehead atoms. The van der Waals surface area contributed by atoms with Crippen molar-refractivity contribution in [1.82, 2.24) is 15.8 Å². The van der Waals surface area contributed by atoms with Gasteiger partial charge in [-0.25, -0.2) is 4.39 Å². The van der Waals surface area contributed by atoms with Gasteiger partial charge in [-0.05, 0) is 31.6 Å². The summed E-state index contributed by atoms with van der Waals surface area (Å²) in [5.74, 6) is 0.643. The van der Waals surface area contributed by atoms with E-state index in [0.717, 1.165) is 13.0 Å². The summed E-state index contributed by atoms with van der Waals surface area (Å²) in [5.41, 5.74) is 6.48. The van der Waals surface area contributed by atoms with Crippen LogP contribution >= 0.6 is 0 Å². The maximum absolute atomic E-state index is 14.0. The highest BCUT2D eigenvalue weighted by atomic mass is 19.1. The third-order valence-electron chi connectivity index (χ3n) is 5.77. The Morgan fingerprint density at radius 3 is 2.73 bits per heavy atom. The highest BCUT2D eigenvalue weighted by molar-refractivity contribution is 5.77. The topological polar surface area (TPSA) is 53.6 Å². The van der Waals surface area contributed by atoms with Crippen molar-refractivity contribution in [3.8, 4) is 0 Å². The lowest BCUT2D eigenvalue weighted by Gasteiger charge is -2.39. The molecule has 2 heterocycles. The maximum Gasteiger partial charge on any atom is 0.224 e. The van der Waals surface area contributed by atoms with Gasteiger partial charge in [0.05, 0.1) is 12.6 Å². The van der Waals surface area contributed by atoms with E-state index < -0.39 is 6.17 Å². The number of methoxy groups -OCH3 is 1. The second-order valence-electron chi connectivity index (χ2n) is 7.03. The van der Waals surface area contributed by atoms with Crippen molar-refractivity contribution in [2.75, 3.05) is 26.7 Å². The van der Waals surface area contributed by atoms with Gasteiger partial charge in [-0.2, -0.15) is 0 Å². The molecule has 0 aromatic carbocycles. The summed E-state index contributed by atoms with van der Waals surface area (Å²) in [6.45, 7) is 1.68. The van der Waals surface area contributed by atoms with Crippen molar-refractivity contribution >= 4 is 5.91 Å². The van der Waals surface area contributed by atoms with Crippen molar-refractivity contribution in [3.05, 3.63) is 0 Å². The Morgan fingerprint density at radius 2 is 2.14 bits per heavy atom. The molecule has 3 fully saturated rings. The molecule has 5 nitrogen and oxygen atoms in total. The second-order valence-corrected chi connectivity index (χ2v) is 7.03. The minimum Gasteiger partial charge on any atom is -0.378 e. The lowest BCUT2D eigenvalue weighted by atomic mass is 9.78. The number of carbonyl (C=O) groups is 1. The number of hydrazine groups is 1. The number of alkyl halides is 1. The number of hydrogen-bond donors (Lipinski definition) is 2. The van der Waals surface area contributed by atoms with Crippen LogP contribution < -0.4 is 10.9 Å². The molecule has 3 rings (SSSR count). The SMILES string of the molecule is CO[C@H]1CCN(C(=O)CC2(C3CCCC3)CCNN2)C[C@H]1F. The number of amides is 1. The van der Waals surface area contributed by atoms with Gasteiger partial charge in [-0.3, -0.25) is 15.6 Å². The predicted octanol–water partition coefficient (Wildman–Crippen LogP) is 1.39. The van der Waals surface area contributed by atoms with Gasteiger partial charge in [0, 0.05) is 32.2 Å². The van der Waals surface area contributed by atoms with Crippen LogP contribution in [0, 0.1) is 5.92 Å².